The van der Waals surface area contributed by atoms with E-state index in [4.69, 9.17) is 9.47 Å². The Bertz CT molecular complexity index is 836. The molecule has 1 atom stereocenters. The zero-order valence-corrected chi connectivity index (χ0v) is 16.4. The van der Waals surface area contributed by atoms with Crippen molar-refractivity contribution >= 4 is 17.7 Å². The van der Waals surface area contributed by atoms with Crippen molar-refractivity contribution in [2.75, 3.05) is 19.0 Å². The number of benzene rings is 2. The highest BCUT2D eigenvalue weighted by Crippen LogP contribution is 2.34. The molecule has 27 heavy (non-hydrogen) atoms. The number of hydrogen-bond donors (Lipinski definition) is 1. The molecular formula is C22H25NO3S. The van der Waals surface area contributed by atoms with Crippen LogP contribution in [0.3, 0.4) is 0 Å². The number of hydrogen-bond acceptors (Lipinski definition) is 4. The summed E-state index contributed by atoms with van der Waals surface area (Å²) in [6.45, 7) is 3.21. The minimum absolute atomic E-state index is 0.0191. The van der Waals surface area contributed by atoms with Crippen LogP contribution in [-0.4, -0.2) is 24.9 Å². The van der Waals surface area contributed by atoms with Crippen molar-refractivity contribution in [3.8, 4) is 11.5 Å². The molecule has 0 fully saturated rings. The van der Waals surface area contributed by atoms with Crippen LogP contribution in [-0.2, 0) is 17.6 Å². The van der Waals surface area contributed by atoms with E-state index in [1.54, 1.807) is 0 Å². The fourth-order valence-electron chi connectivity index (χ4n) is 3.65. The van der Waals surface area contributed by atoms with E-state index in [1.165, 1.54) is 47.7 Å². The number of carbonyl (C=O) groups is 1. The zero-order chi connectivity index (χ0) is 18.6. The Morgan fingerprint density at radius 3 is 2.67 bits per heavy atom. The van der Waals surface area contributed by atoms with Gasteiger partial charge < -0.3 is 14.8 Å². The topological polar surface area (TPSA) is 47.6 Å². The predicted molar refractivity (Wildman–Crippen MR) is 108 cm³/mol. The molecule has 0 bridgehead atoms. The molecule has 4 rings (SSSR count). The maximum atomic E-state index is 12.4. The number of thioether (sulfide) groups is 1. The van der Waals surface area contributed by atoms with E-state index in [9.17, 15) is 4.79 Å². The molecule has 142 valence electrons. The maximum absolute atomic E-state index is 12.4. The van der Waals surface area contributed by atoms with Crippen molar-refractivity contribution in [1.29, 1.82) is 0 Å². The van der Waals surface area contributed by atoms with Gasteiger partial charge in [0.2, 0.25) is 5.91 Å². The van der Waals surface area contributed by atoms with Gasteiger partial charge in [-0.25, -0.2) is 0 Å². The van der Waals surface area contributed by atoms with Gasteiger partial charge >= 0.3 is 0 Å². The summed E-state index contributed by atoms with van der Waals surface area (Å²) in [6.07, 6.45) is 4.89. The number of ether oxygens (including phenoxy) is 2. The summed E-state index contributed by atoms with van der Waals surface area (Å²) in [7, 11) is 0. The average Bonchev–Trinajstić information content (AvgIpc) is 2.71. The quantitative estimate of drug-likeness (QED) is 0.782. The second kappa shape index (κ2) is 8.26. The third-order valence-corrected chi connectivity index (χ3v) is 6.13. The van der Waals surface area contributed by atoms with E-state index < -0.39 is 0 Å². The third kappa shape index (κ3) is 4.41. The van der Waals surface area contributed by atoms with Crippen molar-refractivity contribution in [2.45, 2.75) is 43.5 Å². The SMILES string of the molecule is C[C@H](NC(=O)CSc1ccc2c(c1)OCCO2)c1ccc2c(c1)CCCC2. The highest BCUT2D eigenvalue weighted by atomic mass is 32.2. The highest BCUT2D eigenvalue weighted by molar-refractivity contribution is 8.00. The molecule has 2 aliphatic rings. The van der Waals surface area contributed by atoms with Gasteiger partial charge in [-0.2, -0.15) is 0 Å². The van der Waals surface area contributed by atoms with Crippen molar-refractivity contribution in [3.05, 3.63) is 53.1 Å². The van der Waals surface area contributed by atoms with Crippen LogP contribution in [0.4, 0.5) is 0 Å². The van der Waals surface area contributed by atoms with Crippen molar-refractivity contribution < 1.29 is 14.3 Å². The van der Waals surface area contributed by atoms with Gasteiger partial charge in [-0.05, 0) is 67.5 Å². The average molecular weight is 384 g/mol. The fourth-order valence-corrected chi connectivity index (χ4v) is 4.39. The molecule has 1 aliphatic heterocycles. The Hall–Kier alpha value is -2.14. The summed E-state index contributed by atoms with van der Waals surface area (Å²) in [5.74, 6) is 1.96. The van der Waals surface area contributed by atoms with E-state index in [0.717, 1.165) is 22.8 Å². The number of amides is 1. The Morgan fingerprint density at radius 2 is 1.81 bits per heavy atom. The van der Waals surface area contributed by atoms with Crippen LogP contribution in [0.2, 0.25) is 0 Å². The molecule has 0 spiro atoms. The summed E-state index contributed by atoms with van der Waals surface area (Å²) >= 11 is 1.51. The Labute approximate surface area is 164 Å². The van der Waals surface area contributed by atoms with Crippen LogP contribution >= 0.6 is 11.8 Å². The van der Waals surface area contributed by atoms with E-state index in [-0.39, 0.29) is 11.9 Å². The normalized spacial score (nSPS) is 16.3. The first-order valence-electron chi connectivity index (χ1n) is 9.62. The molecule has 1 amide bonds. The van der Waals surface area contributed by atoms with Crippen LogP contribution in [0, 0.1) is 0 Å². The molecule has 0 unspecified atom stereocenters. The molecular weight excluding hydrogens is 358 g/mol. The molecule has 1 heterocycles. The minimum Gasteiger partial charge on any atom is -0.486 e. The fraction of sp³-hybridized carbons (Fsp3) is 0.409. The second-order valence-electron chi connectivity index (χ2n) is 7.12. The number of carbonyl (C=O) groups excluding carboxylic acids is 1. The summed E-state index contributed by atoms with van der Waals surface area (Å²) in [5, 5.41) is 3.12. The highest BCUT2D eigenvalue weighted by Gasteiger charge is 2.15. The number of rotatable bonds is 5. The van der Waals surface area contributed by atoms with Crippen molar-refractivity contribution in [3.63, 3.8) is 0 Å². The smallest absolute Gasteiger partial charge is 0.230 e. The lowest BCUT2D eigenvalue weighted by Crippen LogP contribution is -2.28. The largest absolute Gasteiger partial charge is 0.486 e. The van der Waals surface area contributed by atoms with Gasteiger partial charge in [-0.1, -0.05) is 18.2 Å². The van der Waals surface area contributed by atoms with Gasteiger partial charge in [-0.15, -0.1) is 11.8 Å². The van der Waals surface area contributed by atoms with Gasteiger partial charge in [0.05, 0.1) is 11.8 Å². The van der Waals surface area contributed by atoms with Crippen molar-refractivity contribution in [1.82, 2.24) is 5.32 Å². The molecule has 1 N–H and O–H groups in total. The Balaban J connectivity index is 1.32. The molecule has 2 aromatic carbocycles. The lowest BCUT2D eigenvalue weighted by Gasteiger charge is -2.20. The number of aryl methyl sites for hydroxylation is 2. The lowest BCUT2D eigenvalue weighted by atomic mass is 9.89. The van der Waals surface area contributed by atoms with E-state index in [0.29, 0.717) is 19.0 Å². The Kier molecular flexibility index (Phi) is 5.58. The van der Waals surface area contributed by atoms with Crippen LogP contribution in [0.1, 0.15) is 42.5 Å². The van der Waals surface area contributed by atoms with Crippen LogP contribution in [0.5, 0.6) is 11.5 Å². The number of nitrogens with one attached hydrogen (secondary N) is 1. The van der Waals surface area contributed by atoms with Gasteiger partial charge in [0, 0.05) is 4.90 Å². The van der Waals surface area contributed by atoms with E-state index in [1.807, 2.05) is 18.2 Å². The molecule has 4 nitrogen and oxygen atoms in total. The van der Waals surface area contributed by atoms with Crippen LogP contribution < -0.4 is 14.8 Å². The van der Waals surface area contributed by atoms with Gasteiger partial charge in [0.25, 0.3) is 0 Å². The summed E-state index contributed by atoms with van der Waals surface area (Å²) in [6, 6.07) is 12.5. The third-order valence-electron chi connectivity index (χ3n) is 5.13. The molecule has 0 saturated carbocycles. The molecule has 0 saturated heterocycles. The minimum atomic E-state index is 0.0191. The maximum Gasteiger partial charge on any atom is 0.230 e. The predicted octanol–water partition coefficient (Wildman–Crippen LogP) is 4.31. The second-order valence-corrected chi connectivity index (χ2v) is 8.17. The number of fused-ring (bicyclic) bond motifs is 2. The first-order valence-corrected chi connectivity index (χ1v) is 10.6. The monoisotopic (exact) mass is 383 g/mol. The molecule has 1 aliphatic carbocycles. The van der Waals surface area contributed by atoms with E-state index >= 15 is 0 Å². The summed E-state index contributed by atoms with van der Waals surface area (Å²) in [5.41, 5.74) is 4.11. The van der Waals surface area contributed by atoms with Crippen LogP contribution in [0.25, 0.3) is 0 Å². The molecule has 0 radical (unpaired) electrons. The lowest BCUT2D eigenvalue weighted by molar-refractivity contribution is -0.119. The molecule has 5 heteroatoms. The molecule has 0 aromatic heterocycles. The van der Waals surface area contributed by atoms with Gasteiger partial charge in [-0.3, -0.25) is 4.79 Å². The van der Waals surface area contributed by atoms with Crippen molar-refractivity contribution in [2.24, 2.45) is 0 Å². The summed E-state index contributed by atoms with van der Waals surface area (Å²) < 4.78 is 11.1. The van der Waals surface area contributed by atoms with Gasteiger partial charge in [0.15, 0.2) is 11.5 Å². The van der Waals surface area contributed by atoms with Crippen LogP contribution in [0.15, 0.2) is 41.3 Å². The van der Waals surface area contributed by atoms with E-state index in [2.05, 4.69) is 30.4 Å². The summed E-state index contributed by atoms with van der Waals surface area (Å²) in [4.78, 5) is 13.4. The van der Waals surface area contributed by atoms with Gasteiger partial charge in [0.1, 0.15) is 13.2 Å². The Morgan fingerprint density at radius 1 is 1.04 bits per heavy atom. The zero-order valence-electron chi connectivity index (χ0n) is 15.6. The first kappa shape index (κ1) is 18.2. The standard InChI is InChI=1S/C22H25NO3S/c1-15(17-7-6-16-4-2-3-5-18(16)12-17)23-22(24)14-27-19-8-9-20-21(13-19)26-11-10-25-20/h6-9,12-13,15H,2-5,10-11,14H2,1H3,(H,23,24)/t15-/m0/s1. The molecule has 2 aromatic rings. The first-order chi connectivity index (χ1) is 13.2.